The predicted molar refractivity (Wildman–Crippen MR) is 98.1 cm³/mol. The van der Waals surface area contributed by atoms with E-state index in [1.165, 1.54) is 0 Å². The second-order valence-corrected chi connectivity index (χ2v) is 7.17. The Labute approximate surface area is 149 Å². The third kappa shape index (κ3) is 5.19. The van der Waals surface area contributed by atoms with E-state index in [0.717, 1.165) is 24.1 Å². The zero-order valence-corrected chi connectivity index (χ0v) is 15.7. The summed E-state index contributed by atoms with van der Waals surface area (Å²) in [6.45, 7) is 10.3. The van der Waals surface area contributed by atoms with Crippen LogP contribution >= 0.6 is 0 Å². The lowest BCUT2D eigenvalue weighted by Gasteiger charge is -2.32. The first kappa shape index (κ1) is 19.2. The normalized spacial score (nSPS) is 15.3. The molecule has 1 aromatic carbocycles. The number of ether oxygens (including phenoxy) is 2. The quantitative estimate of drug-likeness (QED) is 0.900. The molecule has 2 rings (SSSR count). The molecule has 0 saturated carbocycles. The van der Waals surface area contributed by atoms with Gasteiger partial charge in [0.2, 0.25) is 0 Å². The van der Waals surface area contributed by atoms with Gasteiger partial charge in [-0.25, -0.2) is 4.79 Å². The van der Waals surface area contributed by atoms with Crippen molar-refractivity contribution in [2.24, 2.45) is 0 Å². The Hall–Kier alpha value is -2.08. The van der Waals surface area contributed by atoms with E-state index < -0.39 is 11.7 Å². The lowest BCUT2D eigenvalue weighted by molar-refractivity contribution is -0.126. The highest BCUT2D eigenvalue weighted by Crippen LogP contribution is 2.31. The highest BCUT2D eigenvalue weighted by molar-refractivity contribution is 5.95. The molecule has 25 heavy (non-hydrogen) atoms. The molecule has 2 amide bonds. The molecule has 138 valence electrons. The molecule has 6 nitrogen and oxygen atoms in total. The molecular formula is C19H28N2O4. The molecule has 0 bridgehead atoms. The first-order chi connectivity index (χ1) is 11.7. The highest BCUT2D eigenvalue weighted by Gasteiger charge is 2.27. The number of nitrogens with zero attached hydrogens (tertiary/aromatic N) is 1. The van der Waals surface area contributed by atoms with E-state index in [1.54, 1.807) is 17.9 Å². The van der Waals surface area contributed by atoms with Crippen LogP contribution in [0.5, 0.6) is 0 Å². The fourth-order valence-corrected chi connectivity index (χ4v) is 2.75. The lowest BCUT2D eigenvalue weighted by Crippen LogP contribution is -2.39. The van der Waals surface area contributed by atoms with Gasteiger partial charge in [0.1, 0.15) is 11.7 Å². The molecule has 1 heterocycles. The number of hydrogen-bond donors (Lipinski definition) is 1. The maximum absolute atomic E-state index is 12.4. The number of carbonyl (C=O) groups is 2. The third-order valence-electron chi connectivity index (χ3n) is 3.87. The fraction of sp³-hybridized carbons (Fsp3) is 0.579. The van der Waals surface area contributed by atoms with Crippen molar-refractivity contribution in [1.82, 2.24) is 0 Å². The fourth-order valence-electron chi connectivity index (χ4n) is 2.75. The number of aryl methyl sites for hydroxylation is 1. The molecule has 0 aliphatic carbocycles. The minimum Gasteiger partial charge on any atom is -0.443 e. The van der Waals surface area contributed by atoms with Gasteiger partial charge < -0.3 is 14.8 Å². The molecule has 1 unspecified atom stereocenters. The van der Waals surface area contributed by atoms with Crippen molar-refractivity contribution in [3.05, 3.63) is 23.8 Å². The minimum atomic E-state index is -0.530. The number of anilines is 2. The average molecular weight is 348 g/mol. The summed E-state index contributed by atoms with van der Waals surface area (Å²) in [7, 11) is 0. The van der Waals surface area contributed by atoms with Crippen LogP contribution < -0.4 is 10.2 Å². The van der Waals surface area contributed by atoms with Crippen LogP contribution in [-0.4, -0.2) is 36.9 Å². The molecule has 0 radical (unpaired) electrons. The smallest absolute Gasteiger partial charge is 0.414 e. The number of hydrogen-bond acceptors (Lipinski definition) is 4. The van der Waals surface area contributed by atoms with E-state index in [2.05, 4.69) is 5.32 Å². The summed E-state index contributed by atoms with van der Waals surface area (Å²) in [5.74, 6) is -0.179. The summed E-state index contributed by atoms with van der Waals surface area (Å²) in [5.41, 5.74) is 2.05. The van der Waals surface area contributed by atoms with Crippen molar-refractivity contribution < 1.29 is 19.1 Å². The number of fused-ring (bicyclic) bond motifs is 1. The SMILES string of the molecule is CCOC(C)C(=O)Nc1ccc2c(c1)CCCN2C(=O)OC(C)(C)C. The highest BCUT2D eigenvalue weighted by atomic mass is 16.6. The summed E-state index contributed by atoms with van der Waals surface area (Å²) >= 11 is 0. The molecule has 1 aromatic rings. The van der Waals surface area contributed by atoms with Gasteiger partial charge in [-0.15, -0.1) is 0 Å². The predicted octanol–water partition coefficient (Wildman–Crippen LogP) is 3.74. The standard InChI is InChI=1S/C19H28N2O4/c1-6-24-13(2)17(22)20-15-9-10-16-14(12-15)8-7-11-21(16)18(23)25-19(3,4)5/h9-10,12-13H,6-8,11H2,1-5H3,(H,20,22). The molecule has 1 aliphatic rings. The van der Waals surface area contributed by atoms with E-state index >= 15 is 0 Å². The Morgan fingerprint density at radius 2 is 2.04 bits per heavy atom. The number of amides is 2. The zero-order chi connectivity index (χ0) is 18.6. The van der Waals surface area contributed by atoms with Crippen LogP contribution in [-0.2, 0) is 20.7 Å². The molecular weight excluding hydrogens is 320 g/mol. The summed E-state index contributed by atoms with van der Waals surface area (Å²) in [6, 6.07) is 5.58. The minimum absolute atomic E-state index is 0.179. The first-order valence-electron chi connectivity index (χ1n) is 8.77. The second kappa shape index (κ2) is 7.87. The van der Waals surface area contributed by atoms with E-state index in [0.29, 0.717) is 18.8 Å². The van der Waals surface area contributed by atoms with Crippen LogP contribution in [0.3, 0.4) is 0 Å². The van der Waals surface area contributed by atoms with Crippen LogP contribution in [0, 0.1) is 0 Å². The molecule has 0 saturated heterocycles. The Morgan fingerprint density at radius 3 is 2.68 bits per heavy atom. The number of rotatable bonds is 4. The largest absolute Gasteiger partial charge is 0.443 e. The molecule has 0 fully saturated rings. The van der Waals surface area contributed by atoms with Gasteiger partial charge in [-0.1, -0.05) is 0 Å². The van der Waals surface area contributed by atoms with Crippen LogP contribution in [0.4, 0.5) is 16.2 Å². The van der Waals surface area contributed by atoms with Crippen LogP contribution in [0.1, 0.15) is 46.6 Å². The van der Waals surface area contributed by atoms with Gasteiger partial charge in [-0.05, 0) is 71.2 Å². The van der Waals surface area contributed by atoms with Crippen molar-refractivity contribution in [1.29, 1.82) is 0 Å². The van der Waals surface area contributed by atoms with Crippen molar-refractivity contribution in [3.8, 4) is 0 Å². The van der Waals surface area contributed by atoms with Gasteiger partial charge in [0.25, 0.3) is 5.91 Å². The van der Waals surface area contributed by atoms with Crippen LogP contribution in [0.25, 0.3) is 0 Å². The zero-order valence-electron chi connectivity index (χ0n) is 15.7. The average Bonchev–Trinajstić information content (AvgIpc) is 2.52. The number of benzene rings is 1. The van der Waals surface area contributed by atoms with E-state index in [1.807, 2.05) is 39.8 Å². The number of nitrogens with one attached hydrogen (secondary N) is 1. The van der Waals surface area contributed by atoms with Crippen LogP contribution in [0.15, 0.2) is 18.2 Å². The van der Waals surface area contributed by atoms with Crippen molar-refractivity contribution in [2.45, 2.75) is 59.2 Å². The summed E-state index contributed by atoms with van der Waals surface area (Å²) in [6.07, 6.45) is 0.882. The third-order valence-corrected chi connectivity index (χ3v) is 3.87. The second-order valence-electron chi connectivity index (χ2n) is 7.17. The van der Waals surface area contributed by atoms with E-state index in [-0.39, 0.29) is 12.0 Å². The Bertz CT molecular complexity index is 637. The Morgan fingerprint density at radius 1 is 1.32 bits per heavy atom. The van der Waals surface area contributed by atoms with Gasteiger partial charge >= 0.3 is 6.09 Å². The van der Waals surface area contributed by atoms with Gasteiger partial charge in [0.15, 0.2) is 0 Å². The summed E-state index contributed by atoms with van der Waals surface area (Å²) in [4.78, 5) is 26.2. The number of carbonyl (C=O) groups excluding carboxylic acids is 2. The van der Waals surface area contributed by atoms with Crippen molar-refractivity contribution in [2.75, 3.05) is 23.4 Å². The topological polar surface area (TPSA) is 67.9 Å². The van der Waals surface area contributed by atoms with E-state index in [4.69, 9.17) is 9.47 Å². The monoisotopic (exact) mass is 348 g/mol. The van der Waals surface area contributed by atoms with Crippen molar-refractivity contribution >= 4 is 23.4 Å². The van der Waals surface area contributed by atoms with E-state index in [9.17, 15) is 9.59 Å². The van der Waals surface area contributed by atoms with Gasteiger partial charge in [-0.3, -0.25) is 9.69 Å². The van der Waals surface area contributed by atoms with Gasteiger partial charge in [0, 0.05) is 18.8 Å². The maximum Gasteiger partial charge on any atom is 0.414 e. The molecule has 0 spiro atoms. The van der Waals surface area contributed by atoms with Gasteiger partial charge in [-0.2, -0.15) is 0 Å². The molecule has 1 N–H and O–H groups in total. The molecule has 6 heteroatoms. The lowest BCUT2D eigenvalue weighted by atomic mass is 10.0. The van der Waals surface area contributed by atoms with Crippen molar-refractivity contribution in [3.63, 3.8) is 0 Å². The Kier molecular flexibility index (Phi) is 6.06. The summed E-state index contributed by atoms with van der Waals surface area (Å²) in [5, 5.41) is 2.86. The molecule has 1 aliphatic heterocycles. The van der Waals surface area contributed by atoms with Gasteiger partial charge in [0.05, 0.1) is 5.69 Å². The maximum atomic E-state index is 12.4. The van der Waals surface area contributed by atoms with Crippen LogP contribution in [0.2, 0.25) is 0 Å². The summed E-state index contributed by atoms with van der Waals surface area (Å²) < 4.78 is 10.8. The first-order valence-corrected chi connectivity index (χ1v) is 8.77. The molecule has 0 aromatic heterocycles. The molecule has 1 atom stereocenters. The Balaban J connectivity index is 2.14.